The van der Waals surface area contributed by atoms with E-state index in [9.17, 15) is 0 Å². The Morgan fingerprint density at radius 3 is 2.35 bits per heavy atom. The molecule has 0 spiro atoms. The first-order chi connectivity index (χ1) is 9.60. The number of para-hydroxylation sites is 1. The molecule has 0 aliphatic rings. The van der Waals surface area contributed by atoms with Gasteiger partial charge in [0.15, 0.2) is 5.75 Å². The maximum absolute atomic E-state index is 5.98. The molecule has 1 rings (SSSR count). The second kappa shape index (κ2) is 8.52. The van der Waals surface area contributed by atoms with Crippen LogP contribution in [-0.2, 0) is 15.9 Å². The van der Waals surface area contributed by atoms with Gasteiger partial charge in [0.1, 0.15) is 5.75 Å². The lowest BCUT2D eigenvalue weighted by atomic mass is 10.1. The van der Waals surface area contributed by atoms with E-state index in [4.69, 9.17) is 30.2 Å². The van der Waals surface area contributed by atoms with E-state index < -0.39 is 5.97 Å². The minimum atomic E-state index is -1.12. The Morgan fingerprint density at radius 1 is 1.20 bits per heavy atom. The van der Waals surface area contributed by atoms with E-state index in [1.54, 1.807) is 6.92 Å². The van der Waals surface area contributed by atoms with Crippen molar-refractivity contribution in [1.29, 1.82) is 0 Å². The standard InChI is InChI=1S/C14H23ClO4Si/c1-4-16-14(3,17-5-2)18-13-11(9-10-15)7-6-8-12(13)19-20/h6-8H,4-5,9-10H2,1-3,20H3. The zero-order chi connectivity index (χ0) is 15.0. The molecule has 0 heterocycles. The molecule has 0 bridgehead atoms. The molecule has 0 amide bonds. The molecule has 4 nitrogen and oxygen atoms in total. The third-order valence-electron chi connectivity index (χ3n) is 2.74. The SMILES string of the molecule is CCOC(C)(OCC)Oc1c(CCCl)cccc1O[SiH3]. The van der Waals surface area contributed by atoms with Crippen molar-refractivity contribution in [3.05, 3.63) is 23.8 Å². The van der Waals surface area contributed by atoms with Crippen LogP contribution in [0.4, 0.5) is 0 Å². The Labute approximate surface area is 128 Å². The van der Waals surface area contributed by atoms with Crippen molar-refractivity contribution < 1.29 is 18.6 Å². The monoisotopic (exact) mass is 318 g/mol. The number of rotatable bonds is 9. The van der Waals surface area contributed by atoms with Gasteiger partial charge in [-0.05, 0) is 31.9 Å². The Balaban J connectivity index is 3.08. The fourth-order valence-electron chi connectivity index (χ4n) is 1.95. The second-order valence-corrected chi connectivity index (χ2v) is 5.00. The highest BCUT2D eigenvalue weighted by molar-refractivity contribution is 6.18. The predicted octanol–water partition coefficient (Wildman–Crippen LogP) is 2.25. The van der Waals surface area contributed by atoms with Gasteiger partial charge < -0.3 is 18.6 Å². The molecule has 0 aliphatic heterocycles. The molecule has 1 aromatic rings. The van der Waals surface area contributed by atoms with E-state index in [1.165, 1.54) is 0 Å². The smallest absolute Gasteiger partial charge is 0.324 e. The molecule has 0 saturated carbocycles. The van der Waals surface area contributed by atoms with Crippen LogP contribution < -0.4 is 9.16 Å². The Hall–Kier alpha value is -0.753. The van der Waals surface area contributed by atoms with E-state index in [0.717, 1.165) is 5.56 Å². The average molecular weight is 319 g/mol. The van der Waals surface area contributed by atoms with E-state index in [2.05, 4.69) is 0 Å². The molecule has 0 aliphatic carbocycles. The minimum absolute atomic E-state index is 0.491. The minimum Gasteiger partial charge on any atom is -0.551 e. The summed E-state index contributed by atoms with van der Waals surface area (Å²) in [6, 6.07) is 5.78. The molecule has 6 heteroatoms. The van der Waals surface area contributed by atoms with Gasteiger partial charge in [-0.25, -0.2) is 0 Å². The molecule has 0 N–H and O–H groups in total. The van der Waals surface area contributed by atoms with E-state index in [0.29, 0.717) is 47.5 Å². The van der Waals surface area contributed by atoms with Gasteiger partial charge in [-0.2, -0.15) is 0 Å². The molecule has 0 radical (unpaired) electrons. The molecular weight excluding hydrogens is 296 g/mol. The maximum Gasteiger partial charge on any atom is 0.324 e. The second-order valence-electron chi connectivity index (χ2n) is 4.22. The molecule has 0 unspecified atom stereocenters. The first-order valence-electron chi connectivity index (χ1n) is 6.79. The van der Waals surface area contributed by atoms with Gasteiger partial charge in [0.05, 0.1) is 13.2 Å². The lowest BCUT2D eigenvalue weighted by molar-refractivity contribution is -0.329. The molecular formula is C14H23ClO4Si. The lowest BCUT2D eigenvalue weighted by Crippen LogP contribution is -2.39. The van der Waals surface area contributed by atoms with Crippen LogP contribution in [0.2, 0.25) is 0 Å². The molecule has 0 atom stereocenters. The average Bonchev–Trinajstić information content (AvgIpc) is 2.41. The quantitative estimate of drug-likeness (QED) is 0.397. The molecule has 20 heavy (non-hydrogen) atoms. The number of hydrogen-bond donors (Lipinski definition) is 0. The Kier molecular flexibility index (Phi) is 7.37. The zero-order valence-electron chi connectivity index (χ0n) is 12.6. The van der Waals surface area contributed by atoms with Crippen LogP contribution in [0.1, 0.15) is 26.3 Å². The number of halogens is 1. The summed E-state index contributed by atoms with van der Waals surface area (Å²) >= 11 is 5.85. The van der Waals surface area contributed by atoms with E-state index >= 15 is 0 Å². The number of ether oxygens (including phenoxy) is 3. The normalized spacial score (nSPS) is 11.6. The fourth-order valence-corrected chi connectivity index (χ4v) is 2.47. The largest absolute Gasteiger partial charge is 0.551 e. The number of aryl methyl sites for hydroxylation is 1. The Morgan fingerprint density at radius 2 is 1.85 bits per heavy atom. The number of hydrogen-bond acceptors (Lipinski definition) is 4. The van der Waals surface area contributed by atoms with Gasteiger partial charge in [-0.15, -0.1) is 11.6 Å². The summed E-state index contributed by atoms with van der Waals surface area (Å²) in [4.78, 5) is 0. The Bertz CT molecular complexity index is 408. The van der Waals surface area contributed by atoms with Gasteiger partial charge >= 0.3 is 5.97 Å². The van der Waals surface area contributed by atoms with E-state index in [1.807, 2.05) is 32.0 Å². The molecule has 1 aromatic carbocycles. The third kappa shape index (κ3) is 4.66. The summed E-state index contributed by atoms with van der Waals surface area (Å²) in [5.74, 6) is 0.735. The van der Waals surface area contributed by atoms with Crippen LogP contribution in [0.15, 0.2) is 18.2 Å². The first-order valence-corrected chi connectivity index (χ1v) is 8.14. The van der Waals surface area contributed by atoms with Crippen LogP contribution in [0, 0.1) is 0 Å². The van der Waals surface area contributed by atoms with Gasteiger partial charge in [-0.3, -0.25) is 0 Å². The highest BCUT2D eigenvalue weighted by Gasteiger charge is 2.30. The van der Waals surface area contributed by atoms with Gasteiger partial charge in [-0.1, -0.05) is 12.1 Å². The predicted molar refractivity (Wildman–Crippen MR) is 83.7 cm³/mol. The third-order valence-corrected chi connectivity index (χ3v) is 3.37. The van der Waals surface area contributed by atoms with Gasteiger partial charge in [0, 0.05) is 12.8 Å². The maximum atomic E-state index is 5.98. The summed E-state index contributed by atoms with van der Waals surface area (Å²) in [6.07, 6.45) is 0.698. The van der Waals surface area contributed by atoms with Crippen molar-refractivity contribution in [2.24, 2.45) is 0 Å². The van der Waals surface area contributed by atoms with Crippen molar-refractivity contribution in [3.8, 4) is 11.5 Å². The number of alkyl halides is 1. The summed E-state index contributed by atoms with van der Waals surface area (Å²) in [5, 5.41) is 0. The first kappa shape index (κ1) is 17.3. The highest BCUT2D eigenvalue weighted by Crippen LogP contribution is 2.35. The zero-order valence-corrected chi connectivity index (χ0v) is 15.3. The van der Waals surface area contributed by atoms with Gasteiger partial charge in [0.2, 0.25) is 10.5 Å². The summed E-state index contributed by atoms with van der Waals surface area (Å²) in [7, 11) is 0.579. The van der Waals surface area contributed by atoms with Crippen molar-refractivity contribution >= 4 is 22.1 Å². The van der Waals surface area contributed by atoms with E-state index in [-0.39, 0.29) is 0 Å². The van der Waals surface area contributed by atoms with Crippen LogP contribution in [0.3, 0.4) is 0 Å². The topological polar surface area (TPSA) is 36.9 Å². The van der Waals surface area contributed by atoms with Crippen LogP contribution >= 0.6 is 11.6 Å². The van der Waals surface area contributed by atoms with Crippen molar-refractivity contribution in [1.82, 2.24) is 0 Å². The number of benzene rings is 1. The van der Waals surface area contributed by atoms with Crippen molar-refractivity contribution in [3.63, 3.8) is 0 Å². The van der Waals surface area contributed by atoms with Crippen molar-refractivity contribution in [2.45, 2.75) is 33.2 Å². The summed E-state index contributed by atoms with van der Waals surface area (Å²) < 4.78 is 22.6. The van der Waals surface area contributed by atoms with Crippen LogP contribution in [0.25, 0.3) is 0 Å². The van der Waals surface area contributed by atoms with Crippen molar-refractivity contribution in [2.75, 3.05) is 19.1 Å². The van der Waals surface area contributed by atoms with Gasteiger partial charge in [0.25, 0.3) is 0 Å². The lowest BCUT2D eigenvalue weighted by Gasteiger charge is -2.31. The molecule has 0 saturated heterocycles. The summed E-state index contributed by atoms with van der Waals surface area (Å²) in [6.45, 7) is 6.54. The fraction of sp³-hybridized carbons (Fsp3) is 0.571. The highest BCUT2D eigenvalue weighted by atomic mass is 35.5. The molecule has 0 fully saturated rings. The molecule has 0 aromatic heterocycles. The molecule has 114 valence electrons. The summed E-state index contributed by atoms with van der Waals surface area (Å²) in [5.41, 5.74) is 0.985. The van der Waals surface area contributed by atoms with Crippen LogP contribution in [0.5, 0.6) is 11.5 Å². The van der Waals surface area contributed by atoms with Crippen LogP contribution in [-0.4, -0.2) is 35.6 Å².